The zero-order chi connectivity index (χ0) is 18.1. The summed E-state index contributed by atoms with van der Waals surface area (Å²) in [6.45, 7) is 8.58. The average Bonchev–Trinajstić information content (AvgIpc) is 2.97. The van der Waals surface area contributed by atoms with E-state index >= 15 is 0 Å². The Labute approximate surface area is 173 Å². The molecule has 2 aromatic rings. The van der Waals surface area contributed by atoms with Crippen LogP contribution in [-0.2, 0) is 20.1 Å². The highest BCUT2D eigenvalue weighted by atomic mass is 127. The predicted octanol–water partition coefficient (Wildman–Crippen LogP) is 3.41. The van der Waals surface area contributed by atoms with E-state index in [-0.39, 0.29) is 24.0 Å². The standard InChI is InChI=1S/C19H30N6.HI/c1-5-16(6-2)12-20-19(21-13-17-10-8-7-9-11-17)22-14-18-24-23-15(3)25(18)4;/h7-11,16H,5-6,12-14H2,1-4H3,(H2,20,21,22);1H. The lowest BCUT2D eigenvalue weighted by atomic mass is 10.0. The number of aromatic nitrogens is 3. The second-order valence-corrected chi connectivity index (χ2v) is 6.29. The van der Waals surface area contributed by atoms with Gasteiger partial charge in [0.2, 0.25) is 0 Å². The summed E-state index contributed by atoms with van der Waals surface area (Å²) in [7, 11) is 1.98. The van der Waals surface area contributed by atoms with Crippen molar-refractivity contribution < 1.29 is 0 Å². The summed E-state index contributed by atoms with van der Waals surface area (Å²) in [5.41, 5.74) is 1.20. The molecule has 0 fully saturated rings. The van der Waals surface area contributed by atoms with Crippen molar-refractivity contribution in [3.8, 4) is 0 Å². The normalized spacial score (nSPS) is 11.3. The third-order valence-electron chi connectivity index (χ3n) is 4.57. The van der Waals surface area contributed by atoms with Crippen LogP contribution in [0.3, 0.4) is 0 Å². The Kier molecular flexibility index (Phi) is 10.2. The first-order chi connectivity index (χ1) is 12.1. The lowest BCUT2D eigenvalue weighted by molar-refractivity contribution is 0.480. The SMILES string of the molecule is CCC(CC)CNC(=NCc1ccccc1)NCc1nnc(C)n1C.I. The summed E-state index contributed by atoms with van der Waals surface area (Å²) < 4.78 is 1.99. The number of guanidine groups is 1. The number of aliphatic imine (C=N–C) groups is 1. The van der Waals surface area contributed by atoms with Crippen LogP contribution in [-0.4, -0.2) is 27.3 Å². The van der Waals surface area contributed by atoms with Crippen LogP contribution in [0.15, 0.2) is 35.3 Å². The summed E-state index contributed by atoms with van der Waals surface area (Å²) in [4.78, 5) is 4.72. The van der Waals surface area contributed by atoms with Gasteiger partial charge in [0.1, 0.15) is 5.82 Å². The van der Waals surface area contributed by atoms with Crippen molar-refractivity contribution in [1.29, 1.82) is 0 Å². The van der Waals surface area contributed by atoms with Crippen molar-refractivity contribution in [3.05, 3.63) is 47.5 Å². The molecule has 2 N–H and O–H groups in total. The Morgan fingerprint density at radius 3 is 2.38 bits per heavy atom. The molecular formula is C19H31IN6. The molecule has 0 amide bonds. The highest BCUT2D eigenvalue weighted by Crippen LogP contribution is 2.05. The quantitative estimate of drug-likeness (QED) is 0.353. The van der Waals surface area contributed by atoms with E-state index in [2.05, 4.69) is 46.8 Å². The Morgan fingerprint density at radius 2 is 1.81 bits per heavy atom. The van der Waals surface area contributed by atoms with Gasteiger partial charge in [0.15, 0.2) is 11.8 Å². The molecule has 0 aliphatic heterocycles. The molecule has 0 saturated heterocycles. The fourth-order valence-corrected chi connectivity index (χ4v) is 2.51. The number of halogens is 1. The zero-order valence-corrected chi connectivity index (χ0v) is 18.5. The first-order valence-electron chi connectivity index (χ1n) is 9.05. The second-order valence-electron chi connectivity index (χ2n) is 6.29. The molecular weight excluding hydrogens is 439 g/mol. The molecule has 0 aliphatic rings. The van der Waals surface area contributed by atoms with E-state index in [9.17, 15) is 0 Å². The van der Waals surface area contributed by atoms with Crippen LogP contribution >= 0.6 is 24.0 Å². The van der Waals surface area contributed by atoms with Gasteiger partial charge in [-0.05, 0) is 18.4 Å². The van der Waals surface area contributed by atoms with Crippen molar-refractivity contribution in [2.75, 3.05) is 6.54 Å². The van der Waals surface area contributed by atoms with E-state index in [0.29, 0.717) is 19.0 Å². The molecule has 0 atom stereocenters. The maximum atomic E-state index is 4.72. The van der Waals surface area contributed by atoms with Crippen LogP contribution in [0.5, 0.6) is 0 Å². The minimum Gasteiger partial charge on any atom is -0.356 e. The number of aryl methyl sites for hydroxylation is 1. The maximum absolute atomic E-state index is 4.72. The number of hydrogen-bond donors (Lipinski definition) is 2. The van der Waals surface area contributed by atoms with E-state index in [1.165, 1.54) is 5.56 Å². The average molecular weight is 470 g/mol. The van der Waals surface area contributed by atoms with Gasteiger partial charge in [-0.2, -0.15) is 0 Å². The fraction of sp³-hybridized carbons (Fsp3) is 0.526. The highest BCUT2D eigenvalue weighted by molar-refractivity contribution is 14.0. The Hall–Kier alpha value is -1.64. The minimum atomic E-state index is 0. The van der Waals surface area contributed by atoms with Gasteiger partial charge in [-0.3, -0.25) is 0 Å². The Morgan fingerprint density at radius 1 is 1.12 bits per heavy atom. The number of rotatable bonds is 8. The van der Waals surface area contributed by atoms with Gasteiger partial charge in [0.05, 0.1) is 13.1 Å². The van der Waals surface area contributed by atoms with Gasteiger partial charge >= 0.3 is 0 Å². The lowest BCUT2D eigenvalue weighted by Crippen LogP contribution is -2.40. The highest BCUT2D eigenvalue weighted by Gasteiger charge is 2.08. The molecule has 26 heavy (non-hydrogen) atoms. The molecule has 1 aromatic carbocycles. The largest absolute Gasteiger partial charge is 0.356 e. The summed E-state index contributed by atoms with van der Waals surface area (Å²) in [5.74, 6) is 3.27. The molecule has 7 heteroatoms. The summed E-state index contributed by atoms with van der Waals surface area (Å²) >= 11 is 0. The smallest absolute Gasteiger partial charge is 0.191 e. The van der Waals surface area contributed by atoms with Crippen LogP contribution in [0.1, 0.15) is 43.9 Å². The molecule has 1 aromatic heterocycles. The lowest BCUT2D eigenvalue weighted by Gasteiger charge is -2.17. The molecule has 6 nitrogen and oxygen atoms in total. The predicted molar refractivity (Wildman–Crippen MR) is 118 cm³/mol. The van der Waals surface area contributed by atoms with Crippen LogP contribution in [0.25, 0.3) is 0 Å². The van der Waals surface area contributed by atoms with E-state index in [1.54, 1.807) is 0 Å². The molecule has 2 rings (SSSR count). The van der Waals surface area contributed by atoms with Crippen molar-refractivity contribution in [1.82, 2.24) is 25.4 Å². The molecule has 144 valence electrons. The first kappa shape index (κ1) is 22.4. The first-order valence-corrected chi connectivity index (χ1v) is 9.05. The number of hydrogen-bond acceptors (Lipinski definition) is 3. The fourth-order valence-electron chi connectivity index (χ4n) is 2.51. The minimum absolute atomic E-state index is 0. The van der Waals surface area contributed by atoms with Crippen LogP contribution in [0.4, 0.5) is 0 Å². The van der Waals surface area contributed by atoms with Crippen molar-refractivity contribution >= 4 is 29.9 Å². The van der Waals surface area contributed by atoms with Crippen LogP contribution in [0, 0.1) is 12.8 Å². The molecule has 1 heterocycles. The topological polar surface area (TPSA) is 67.1 Å². The van der Waals surface area contributed by atoms with Crippen molar-refractivity contribution in [3.63, 3.8) is 0 Å². The van der Waals surface area contributed by atoms with Gasteiger partial charge in [-0.15, -0.1) is 34.2 Å². The van der Waals surface area contributed by atoms with Crippen molar-refractivity contribution in [2.24, 2.45) is 18.0 Å². The monoisotopic (exact) mass is 470 g/mol. The number of nitrogens with zero attached hydrogens (tertiary/aromatic N) is 4. The van der Waals surface area contributed by atoms with Gasteiger partial charge in [-0.25, -0.2) is 4.99 Å². The molecule has 0 spiro atoms. The van der Waals surface area contributed by atoms with Gasteiger partial charge in [-0.1, -0.05) is 57.0 Å². The van der Waals surface area contributed by atoms with Crippen LogP contribution < -0.4 is 10.6 Å². The zero-order valence-electron chi connectivity index (χ0n) is 16.2. The van der Waals surface area contributed by atoms with Gasteiger partial charge in [0.25, 0.3) is 0 Å². The number of nitrogens with one attached hydrogen (secondary N) is 2. The number of benzene rings is 1. The van der Waals surface area contributed by atoms with E-state index in [0.717, 1.165) is 37.0 Å². The van der Waals surface area contributed by atoms with E-state index < -0.39 is 0 Å². The second kappa shape index (κ2) is 11.9. The Balaban J connectivity index is 0.00000338. The molecule has 0 bridgehead atoms. The third-order valence-corrected chi connectivity index (χ3v) is 4.57. The maximum Gasteiger partial charge on any atom is 0.191 e. The van der Waals surface area contributed by atoms with E-state index in [1.807, 2.05) is 36.7 Å². The van der Waals surface area contributed by atoms with Crippen LogP contribution in [0.2, 0.25) is 0 Å². The van der Waals surface area contributed by atoms with Gasteiger partial charge in [0, 0.05) is 13.6 Å². The summed E-state index contributed by atoms with van der Waals surface area (Å²) in [5, 5.41) is 15.2. The summed E-state index contributed by atoms with van der Waals surface area (Å²) in [6, 6.07) is 10.3. The van der Waals surface area contributed by atoms with Gasteiger partial charge < -0.3 is 15.2 Å². The molecule has 0 unspecified atom stereocenters. The molecule has 0 aliphatic carbocycles. The van der Waals surface area contributed by atoms with E-state index in [4.69, 9.17) is 4.99 Å². The summed E-state index contributed by atoms with van der Waals surface area (Å²) in [6.07, 6.45) is 2.33. The molecule has 0 radical (unpaired) electrons. The molecule has 0 saturated carbocycles. The van der Waals surface area contributed by atoms with Crippen molar-refractivity contribution in [2.45, 2.75) is 46.7 Å². The Bertz CT molecular complexity index is 664. The third kappa shape index (κ3) is 6.93.